The molecule has 39 heavy (non-hydrogen) atoms. The van der Waals surface area contributed by atoms with Crippen molar-refractivity contribution in [3.05, 3.63) is 59.9 Å². The van der Waals surface area contributed by atoms with Crippen molar-refractivity contribution >= 4 is 40.9 Å². The van der Waals surface area contributed by atoms with E-state index in [1.54, 1.807) is 17.0 Å². The maximum absolute atomic E-state index is 13.1. The predicted octanol–water partition coefficient (Wildman–Crippen LogP) is 2.60. The molecule has 0 radical (unpaired) electrons. The number of nitrogens with two attached hydrogens (primary N) is 1. The first-order valence-electron chi connectivity index (χ1n) is 13.4. The third-order valence-corrected chi connectivity index (χ3v) is 8.52. The number of halogens is 1. The maximum atomic E-state index is 13.1. The number of nitrogens with one attached hydrogen (secondary N) is 3. The number of carbonyl (C=O) groups is 3. The monoisotopic (exact) mass is 556 g/mol. The average molecular weight is 557 g/mol. The number of carbonyl (C=O) groups excluding carboxylic acids is 3. The minimum Gasteiger partial charge on any atom is -0.383 e. The molecule has 2 aromatic rings. The number of thioether (sulfide) groups is 1. The van der Waals surface area contributed by atoms with E-state index in [0.717, 1.165) is 30.9 Å². The predicted molar refractivity (Wildman–Crippen MR) is 153 cm³/mol. The normalized spacial score (nSPS) is 20.2. The highest BCUT2D eigenvalue weighted by Crippen LogP contribution is 2.33. The standard InChI is InChI=1S/C28H37FN6O3S/c1-2-35-27(38)23(39-28(35)25(30)26(37)32-17-19-8-10-20(29)11-9-19)18-31-21-6-5-7-22(16-21)33-24(36)12-15-34-13-3-4-14-34/h5-11,16,23,25,28,31H,2-4,12-15,17-18,30H2,1H3,(H,32,37)(H,33,36)/t23-,25-,28?/m1/s1. The highest BCUT2D eigenvalue weighted by Gasteiger charge is 2.44. The van der Waals surface area contributed by atoms with Gasteiger partial charge in [-0.05, 0) is 68.8 Å². The van der Waals surface area contributed by atoms with Gasteiger partial charge in [0.25, 0.3) is 0 Å². The van der Waals surface area contributed by atoms with Crippen molar-refractivity contribution in [1.82, 2.24) is 15.1 Å². The van der Waals surface area contributed by atoms with Crippen LogP contribution in [0.5, 0.6) is 0 Å². The van der Waals surface area contributed by atoms with Crippen molar-refractivity contribution in [2.24, 2.45) is 5.73 Å². The summed E-state index contributed by atoms with van der Waals surface area (Å²) in [6.45, 7) is 5.77. The van der Waals surface area contributed by atoms with Crippen LogP contribution in [0.25, 0.3) is 0 Å². The number of hydrogen-bond donors (Lipinski definition) is 4. The van der Waals surface area contributed by atoms with E-state index in [9.17, 15) is 18.8 Å². The molecule has 2 aliphatic rings. The molecule has 2 aliphatic heterocycles. The van der Waals surface area contributed by atoms with Crippen molar-refractivity contribution in [2.45, 2.75) is 49.4 Å². The zero-order chi connectivity index (χ0) is 27.8. The largest absolute Gasteiger partial charge is 0.383 e. The van der Waals surface area contributed by atoms with Crippen molar-refractivity contribution in [2.75, 3.05) is 43.4 Å². The first-order chi connectivity index (χ1) is 18.8. The Hall–Kier alpha value is -3.15. The summed E-state index contributed by atoms with van der Waals surface area (Å²) in [7, 11) is 0. The molecule has 5 N–H and O–H groups in total. The summed E-state index contributed by atoms with van der Waals surface area (Å²) in [6.07, 6.45) is 2.85. The Bertz CT molecular complexity index is 1140. The minimum atomic E-state index is -0.913. The van der Waals surface area contributed by atoms with E-state index in [0.29, 0.717) is 25.2 Å². The molecule has 0 spiro atoms. The number of likely N-dealkylation sites (tertiary alicyclic amines) is 1. The molecule has 0 saturated carbocycles. The molecule has 2 fully saturated rings. The molecular formula is C28H37FN6O3S. The number of amides is 3. The van der Waals surface area contributed by atoms with E-state index in [4.69, 9.17) is 5.73 Å². The average Bonchev–Trinajstić information content (AvgIpc) is 3.57. The molecular weight excluding hydrogens is 519 g/mol. The molecule has 3 amide bonds. The molecule has 3 atom stereocenters. The maximum Gasteiger partial charge on any atom is 0.240 e. The van der Waals surface area contributed by atoms with Crippen molar-refractivity contribution < 1.29 is 18.8 Å². The number of likely N-dealkylation sites (N-methyl/N-ethyl adjacent to an activating group) is 1. The van der Waals surface area contributed by atoms with Gasteiger partial charge < -0.3 is 31.5 Å². The Balaban J connectivity index is 1.27. The van der Waals surface area contributed by atoms with E-state index in [1.165, 1.54) is 36.7 Å². The van der Waals surface area contributed by atoms with Crippen LogP contribution in [-0.2, 0) is 20.9 Å². The molecule has 9 nitrogen and oxygen atoms in total. The first-order valence-corrected chi connectivity index (χ1v) is 14.4. The van der Waals surface area contributed by atoms with Gasteiger partial charge in [-0.3, -0.25) is 14.4 Å². The van der Waals surface area contributed by atoms with E-state index < -0.39 is 16.7 Å². The molecule has 0 aliphatic carbocycles. The molecule has 2 heterocycles. The fraction of sp³-hybridized carbons (Fsp3) is 0.464. The zero-order valence-corrected chi connectivity index (χ0v) is 23.0. The van der Waals surface area contributed by atoms with Crippen LogP contribution in [0, 0.1) is 5.82 Å². The van der Waals surface area contributed by atoms with Crippen molar-refractivity contribution in [3.63, 3.8) is 0 Å². The summed E-state index contributed by atoms with van der Waals surface area (Å²) in [5.74, 6) is -0.808. The Labute approximate surface area is 233 Å². The first kappa shape index (κ1) is 28.8. The molecule has 2 aromatic carbocycles. The van der Waals surface area contributed by atoms with Gasteiger partial charge >= 0.3 is 0 Å². The van der Waals surface area contributed by atoms with Gasteiger partial charge in [0.15, 0.2) is 0 Å². The highest BCUT2D eigenvalue weighted by atomic mass is 32.2. The molecule has 0 aromatic heterocycles. The van der Waals surface area contributed by atoms with Gasteiger partial charge in [-0.25, -0.2) is 4.39 Å². The van der Waals surface area contributed by atoms with Gasteiger partial charge in [0, 0.05) is 44.0 Å². The van der Waals surface area contributed by atoms with Crippen LogP contribution in [0.3, 0.4) is 0 Å². The summed E-state index contributed by atoms with van der Waals surface area (Å²) in [6, 6.07) is 12.4. The number of benzene rings is 2. The summed E-state index contributed by atoms with van der Waals surface area (Å²) in [4.78, 5) is 42.2. The number of rotatable bonds is 12. The van der Waals surface area contributed by atoms with Crippen molar-refractivity contribution in [3.8, 4) is 0 Å². The lowest BCUT2D eigenvalue weighted by Gasteiger charge is -2.26. The molecule has 2 saturated heterocycles. The lowest BCUT2D eigenvalue weighted by atomic mass is 10.2. The van der Waals surface area contributed by atoms with Gasteiger partial charge in [0.1, 0.15) is 22.5 Å². The van der Waals surface area contributed by atoms with Crippen LogP contribution in [-0.4, -0.2) is 76.9 Å². The second kappa shape index (κ2) is 13.8. The molecule has 11 heteroatoms. The highest BCUT2D eigenvalue weighted by molar-refractivity contribution is 8.01. The zero-order valence-electron chi connectivity index (χ0n) is 22.2. The lowest BCUT2D eigenvalue weighted by Crippen LogP contribution is -2.52. The summed E-state index contributed by atoms with van der Waals surface area (Å²) in [5, 5.41) is 8.12. The van der Waals surface area contributed by atoms with E-state index in [2.05, 4.69) is 20.9 Å². The molecule has 4 rings (SSSR count). The molecule has 1 unspecified atom stereocenters. The fourth-order valence-electron chi connectivity index (χ4n) is 4.81. The quantitative estimate of drug-likeness (QED) is 0.317. The lowest BCUT2D eigenvalue weighted by molar-refractivity contribution is -0.131. The molecule has 210 valence electrons. The van der Waals surface area contributed by atoms with Crippen LogP contribution >= 0.6 is 11.8 Å². The summed E-state index contributed by atoms with van der Waals surface area (Å²) < 4.78 is 13.1. The molecule has 0 bridgehead atoms. The van der Waals surface area contributed by atoms with Crippen LogP contribution < -0.4 is 21.7 Å². The van der Waals surface area contributed by atoms with Crippen LogP contribution in [0.15, 0.2) is 48.5 Å². The Morgan fingerprint density at radius 1 is 1.13 bits per heavy atom. The van der Waals surface area contributed by atoms with Gasteiger partial charge in [0.05, 0.1) is 0 Å². The minimum absolute atomic E-state index is 0.0197. The van der Waals surface area contributed by atoms with E-state index in [-0.39, 0.29) is 30.1 Å². The fourth-order valence-corrected chi connectivity index (χ4v) is 6.27. The Morgan fingerprint density at radius 3 is 2.56 bits per heavy atom. The van der Waals surface area contributed by atoms with E-state index >= 15 is 0 Å². The Morgan fingerprint density at radius 2 is 1.85 bits per heavy atom. The number of hydrogen-bond acceptors (Lipinski definition) is 7. The second-order valence-electron chi connectivity index (χ2n) is 9.82. The van der Waals surface area contributed by atoms with Crippen LogP contribution in [0.4, 0.5) is 15.8 Å². The third kappa shape index (κ3) is 7.93. The summed E-state index contributed by atoms with van der Waals surface area (Å²) >= 11 is 1.37. The Kier molecular flexibility index (Phi) is 10.2. The summed E-state index contributed by atoms with van der Waals surface area (Å²) in [5.41, 5.74) is 8.53. The van der Waals surface area contributed by atoms with Crippen LogP contribution in [0.2, 0.25) is 0 Å². The SMILES string of the molecule is CCN1C(=O)[C@@H](CNc2cccc(NC(=O)CCN3CCCC3)c2)SC1[C@H](N)C(=O)NCc1ccc(F)cc1. The van der Waals surface area contributed by atoms with Gasteiger partial charge in [-0.1, -0.05) is 18.2 Å². The number of anilines is 2. The van der Waals surface area contributed by atoms with Gasteiger partial charge in [-0.2, -0.15) is 0 Å². The number of nitrogens with zero attached hydrogens (tertiary/aromatic N) is 2. The van der Waals surface area contributed by atoms with Crippen LogP contribution in [0.1, 0.15) is 31.7 Å². The van der Waals surface area contributed by atoms with E-state index in [1.807, 2.05) is 31.2 Å². The van der Waals surface area contributed by atoms with Crippen molar-refractivity contribution in [1.29, 1.82) is 0 Å². The third-order valence-electron chi connectivity index (χ3n) is 6.99. The van der Waals surface area contributed by atoms with Gasteiger partial charge in [0.2, 0.25) is 17.7 Å². The smallest absolute Gasteiger partial charge is 0.240 e. The topological polar surface area (TPSA) is 120 Å². The second-order valence-corrected chi connectivity index (χ2v) is 11.1. The van der Waals surface area contributed by atoms with Gasteiger partial charge in [-0.15, -0.1) is 11.8 Å².